The van der Waals surface area contributed by atoms with Gasteiger partial charge in [0.1, 0.15) is 12.1 Å². The van der Waals surface area contributed by atoms with E-state index in [4.69, 9.17) is 37.5 Å². The molecule has 11 heteroatoms. The van der Waals surface area contributed by atoms with E-state index in [0.29, 0.717) is 25.9 Å². The molecule has 216 valence electrons. The van der Waals surface area contributed by atoms with E-state index < -0.39 is 36.0 Å². The highest BCUT2D eigenvalue weighted by atomic mass is 16.7. The Bertz CT molecular complexity index is 1080. The highest BCUT2D eigenvalue weighted by Crippen LogP contribution is 2.07. The van der Waals surface area contributed by atoms with Gasteiger partial charge in [-0.25, -0.2) is 5.84 Å². The zero-order valence-corrected chi connectivity index (χ0v) is 22.4. The number of aliphatic carboxylic acids is 3. The minimum atomic E-state index is -1.00. The van der Waals surface area contributed by atoms with Gasteiger partial charge >= 0.3 is 17.9 Å². The molecule has 3 aromatic rings. The van der Waals surface area contributed by atoms with Gasteiger partial charge in [0.25, 0.3) is 0 Å². The Balaban J connectivity index is 0.000000305. The first kappa shape index (κ1) is 33.9. The number of carboxylic acids is 3. The second-order valence-electron chi connectivity index (χ2n) is 8.59. The van der Waals surface area contributed by atoms with Crippen LogP contribution in [0.25, 0.3) is 0 Å². The average Bonchev–Trinajstić information content (AvgIpc) is 2.94. The maximum atomic E-state index is 11.0. The van der Waals surface area contributed by atoms with Crippen LogP contribution < -0.4 is 17.3 Å². The van der Waals surface area contributed by atoms with E-state index in [2.05, 4.69) is 0 Å². The van der Waals surface area contributed by atoms with Crippen molar-refractivity contribution in [2.75, 3.05) is 6.61 Å². The Morgan fingerprint density at radius 2 is 0.975 bits per heavy atom. The van der Waals surface area contributed by atoms with Crippen LogP contribution in [0.3, 0.4) is 0 Å². The van der Waals surface area contributed by atoms with E-state index in [0.717, 1.165) is 21.9 Å². The second-order valence-corrected chi connectivity index (χ2v) is 8.59. The molecule has 0 saturated heterocycles. The Labute approximate surface area is 233 Å². The smallest absolute Gasteiger partial charge is 0.325 e. The van der Waals surface area contributed by atoms with Crippen LogP contribution >= 0.6 is 0 Å². The summed E-state index contributed by atoms with van der Waals surface area (Å²) in [6.45, 7) is 2.09. The number of hydroxylamine groups is 1. The predicted molar refractivity (Wildman–Crippen MR) is 151 cm³/mol. The number of hydrogen-bond acceptors (Lipinski definition) is 8. The van der Waals surface area contributed by atoms with Gasteiger partial charge < -0.3 is 26.8 Å². The fourth-order valence-corrected chi connectivity index (χ4v) is 3.27. The first-order valence-electron chi connectivity index (χ1n) is 12.5. The summed E-state index contributed by atoms with van der Waals surface area (Å²) in [7, 11) is 0. The van der Waals surface area contributed by atoms with Crippen molar-refractivity contribution in [3.63, 3.8) is 0 Å². The van der Waals surface area contributed by atoms with Gasteiger partial charge in [-0.1, -0.05) is 91.0 Å². The lowest BCUT2D eigenvalue weighted by Gasteiger charge is -2.22. The molecule has 40 heavy (non-hydrogen) atoms. The summed E-state index contributed by atoms with van der Waals surface area (Å²) in [4.78, 5) is 36.7. The highest BCUT2D eigenvalue weighted by Gasteiger charge is 2.24. The summed E-state index contributed by atoms with van der Waals surface area (Å²) in [5.74, 6) is 2.59. The molecule has 0 aliphatic rings. The Kier molecular flexibility index (Phi) is 16.1. The summed E-state index contributed by atoms with van der Waals surface area (Å²) in [5.41, 5.74) is 13.5. The van der Waals surface area contributed by atoms with Crippen molar-refractivity contribution in [3.8, 4) is 0 Å². The normalized spacial score (nSPS) is 12.5. The molecular formula is C29H38N4O7. The topological polar surface area (TPSA) is 202 Å². The van der Waals surface area contributed by atoms with E-state index >= 15 is 0 Å². The SMILES string of the molecule is CCON(N)C(Cc1ccccc1)C(=O)O.NC(Cc1ccccc1)C(=O)O.NC(Cc1ccccc1)C(=O)O. The first-order chi connectivity index (χ1) is 19.0. The molecule has 0 radical (unpaired) electrons. The quantitative estimate of drug-likeness (QED) is 0.141. The third kappa shape index (κ3) is 14.1. The van der Waals surface area contributed by atoms with Crippen LogP contribution in [0.1, 0.15) is 23.6 Å². The Morgan fingerprint density at radius 1 is 0.650 bits per heavy atom. The zero-order chi connectivity index (χ0) is 29.9. The zero-order valence-electron chi connectivity index (χ0n) is 22.4. The number of benzene rings is 3. The van der Waals surface area contributed by atoms with Crippen LogP contribution in [0.5, 0.6) is 0 Å². The Morgan fingerprint density at radius 3 is 1.25 bits per heavy atom. The predicted octanol–water partition coefficient (Wildman–Crippen LogP) is 2.09. The molecular weight excluding hydrogens is 516 g/mol. The fourth-order valence-electron chi connectivity index (χ4n) is 3.27. The van der Waals surface area contributed by atoms with Crippen molar-refractivity contribution in [1.82, 2.24) is 5.17 Å². The third-order valence-electron chi connectivity index (χ3n) is 5.37. The molecule has 3 unspecified atom stereocenters. The van der Waals surface area contributed by atoms with Crippen LogP contribution in [-0.2, 0) is 38.5 Å². The van der Waals surface area contributed by atoms with E-state index in [1.54, 1.807) is 6.92 Å². The van der Waals surface area contributed by atoms with Crippen LogP contribution in [0, 0.1) is 0 Å². The van der Waals surface area contributed by atoms with Crippen molar-refractivity contribution in [2.45, 2.75) is 44.3 Å². The maximum absolute atomic E-state index is 11.0. The molecule has 0 aliphatic heterocycles. The summed E-state index contributed by atoms with van der Waals surface area (Å²) in [6.07, 6.45) is 1.08. The number of carboxylic acid groups (broad SMARTS) is 3. The molecule has 0 spiro atoms. The molecule has 3 aromatic carbocycles. The molecule has 0 heterocycles. The summed E-state index contributed by atoms with van der Waals surface area (Å²) >= 11 is 0. The lowest BCUT2D eigenvalue weighted by atomic mass is 10.1. The summed E-state index contributed by atoms with van der Waals surface area (Å²) in [6, 6.07) is 25.5. The van der Waals surface area contributed by atoms with Crippen molar-refractivity contribution >= 4 is 17.9 Å². The van der Waals surface area contributed by atoms with Gasteiger partial charge in [0, 0.05) is 6.42 Å². The standard InChI is InChI=1S/C11H16N2O3.2C9H11NO2/c1-2-16-13(12)10(11(14)15)8-9-6-4-3-5-7-9;2*10-8(9(11)12)6-7-4-2-1-3-5-7/h3-7,10H,2,8,12H2,1H3,(H,14,15);2*1-5,8H,6,10H2,(H,11,12). The number of hydrogen-bond donors (Lipinski definition) is 6. The van der Waals surface area contributed by atoms with Gasteiger partial charge in [0.2, 0.25) is 0 Å². The molecule has 11 nitrogen and oxygen atoms in total. The minimum absolute atomic E-state index is 0.312. The first-order valence-corrected chi connectivity index (χ1v) is 12.5. The van der Waals surface area contributed by atoms with E-state index in [1.165, 1.54) is 0 Å². The molecule has 0 fully saturated rings. The van der Waals surface area contributed by atoms with Crippen LogP contribution in [-0.4, -0.2) is 63.1 Å². The lowest BCUT2D eigenvalue weighted by molar-refractivity contribution is -0.198. The van der Waals surface area contributed by atoms with Crippen LogP contribution in [0.2, 0.25) is 0 Å². The molecule has 0 aromatic heterocycles. The number of nitrogens with zero attached hydrogens (tertiary/aromatic N) is 1. The molecule has 0 saturated carbocycles. The number of rotatable bonds is 12. The van der Waals surface area contributed by atoms with Crippen molar-refractivity contribution in [2.24, 2.45) is 17.3 Å². The van der Waals surface area contributed by atoms with Crippen molar-refractivity contribution in [1.29, 1.82) is 0 Å². The number of carbonyl (C=O) groups is 3. The van der Waals surface area contributed by atoms with Gasteiger partial charge in [-0.05, 0) is 36.5 Å². The van der Waals surface area contributed by atoms with Crippen LogP contribution in [0.15, 0.2) is 91.0 Å². The highest BCUT2D eigenvalue weighted by molar-refractivity contribution is 5.74. The van der Waals surface area contributed by atoms with Crippen molar-refractivity contribution in [3.05, 3.63) is 108 Å². The van der Waals surface area contributed by atoms with Gasteiger partial charge in [-0.2, -0.15) is 0 Å². The monoisotopic (exact) mass is 554 g/mol. The lowest BCUT2D eigenvalue weighted by Crippen LogP contribution is -2.47. The third-order valence-corrected chi connectivity index (χ3v) is 5.37. The van der Waals surface area contributed by atoms with Crippen molar-refractivity contribution < 1.29 is 34.5 Å². The average molecular weight is 555 g/mol. The van der Waals surface area contributed by atoms with Gasteiger partial charge in [-0.3, -0.25) is 19.2 Å². The number of hydrazine groups is 1. The Hall–Kier alpha value is -4.13. The fraction of sp³-hybridized carbons (Fsp3) is 0.276. The van der Waals surface area contributed by atoms with Gasteiger partial charge in [0.05, 0.1) is 6.61 Å². The second kappa shape index (κ2) is 19.0. The van der Waals surface area contributed by atoms with Crippen LogP contribution in [0.4, 0.5) is 0 Å². The van der Waals surface area contributed by atoms with E-state index in [9.17, 15) is 14.4 Å². The molecule has 3 rings (SSSR count). The van der Waals surface area contributed by atoms with Gasteiger partial charge in [-0.15, -0.1) is 5.17 Å². The molecule has 9 N–H and O–H groups in total. The minimum Gasteiger partial charge on any atom is -0.480 e. The molecule has 0 bridgehead atoms. The maximum Gasteiger partial charge on any atom is 0.325 e. The summed E-state index contributed by atoms with van der Waals surface area (Å²) < 4.78 is 0. The van der Waals surface area contributed by atoms with E-state index in [-0.39, 0.29) is 0 Å². The molecule has 0 amide bonds. The van der Waals surface area contributed by atoms with E-state index in [1.807, 2.05) is 91.0 Å². The largest absolute Gasteiger partial charge is 0.480 e. The number of nitrogens with two attached hydrogens (primary N) is 3. The molecule has 3 atom stereocenters. The molecule has 0 aliphatic carbocycles. The summed E-state index contributed by atoms with van der Waals surface area (Å²) in [5, 5.41) is 27.0. The van der Waals surface area contributed by atoms with Gasteiger partial charge in [0.15, 0.2) is 6.04 Å².